The van der Waals surface area contributed by atoms with Gasteiger partial charge < -0.3 is 10.2 Å². The Labute approximate surface area is 209 Å². The molecule has 186 valence electrons. The highest BCUT2D eigenvalue weighted by Crippen LogP contribution is 2.23. The Bertz CT molecular complexity index is 1250. The Morgan fingerprint density at radius 1 is 0.800 bits per heavy atom. The zero-order chi connectivity index (χ0) is 25.6. The van der Waals surface area contributed by atoms with Gasteiger partial charge in [0.05, 0.1) is 18.5 Å². The molecular weight excluding hydrogens is 458 g/mol. The van der Waals surface area contributed by atoms with Crippen LogP contribution in [0.5, 0.6) is 0 Å². The summed E-state index contributed by atoms with van der Waals surface area (Å²) in [4.78, 5) is 14.9. The van der Waals surface area contributed by atoms with Gasteiger partial charge in [-0.05, 0) is 86.3 Å². The van der Waals surface area contributed by atoms with Crippen LogP contribution in [0.4, 0.5) is 11.4 Å². The number of nitrogens with zero attached hydrogens (tertiary/aromatic N) is 2. The van der Waals surface area contributed by atoms with Crippen molar-refractivity contribution in [1.82, 2.24) is 5.32 Å². The van der Waals surface area contributed by atoms with Crippen LogP contribution in [0.15, 0.2) is 66.7 Å². The van der Waals surface area contributed by atoms with E-state index in [0.717, 1.165) is 35.3 Å². The average Bonchev–Trinajstić information content (AvgIpc) is 2.84. The van der Waals surface area contributed by atoms with Crippen molar-refractivity contribution in [3.8, 4) is 0 Å². The van der Waals surface area contributed by atoms with Gasteiger partial charge in [0, 0.05) is 30.9 Å². The van der Waals surface area contributed by atoms with Gasteiger partial charge in [0.1, 0.15) is 0 Å². The number of nitrogens with one attached hydrogen (secondary N) is 1. The summed E-state index contributed by atoms with van der Waals surface area (Å²) in [5, 5.41) is 2.95. The van der Waals surface area contributed by atoms with Crippen LogP contribution >= 0.6 is 0 Å². The second-order valence-electron chi connectivity index (χ2n) is 8.76. The summed E-state index contributed by atoms with van der Waals surface area (Å²) in [6, 6.07) is 20.9. The third kappa shape index (κ3) is 6.85. The Morgan fingerprint density at radius 3 is 1.91 bits per heavy atom. The van der Waals surface area contributed by atoms with Crippen LogP contribution in [0, 0.1) is 13.8 Å². The maximum Gasteiger partial charge on any atom is 0.251 e. The van der Waals surface area contributed by atoms with Crippen molar-refractivity contribution in [2.75, 3.05) is 28.6 Å². The summed E-state index contributed by atoms with van der Waals surface area (Å²) in [5.41, 5.74) is 6.31. The van der Waals surface area contributed by atoms with Crippen molar-refractivity contribution in [2.45, 2.75) is 40.8 Å². The van der Waals surface area contributed by atoms with Crippen molar-refractivity contribution in [3.05, 3.63) is 94.5 Å². The lowest BCUT2D eigenvalue weighted by Gasteiger charge is -2.23. The van der Waals surface area contributed by atoms with E-state index in [-0.39, 0.29) is 12.5 Å². The highest BCUT2D eigenvalue weighted by atomic mass is 32.2. The second kappa shape index (κ2) is 11.4. The average molecular weight is 494 g/mol. The molecule has 1 N–H and O–H groups in total. The van der Waals surface area contributed by atoms with E-state index in [4.69, 9.17) is 0 Å². The van der Waals surface area contributed by atoms with Gasteiger partial charge in [-0.2, -0.15) is 0 Å². The van der Waals surface area contributed by atoms with Crippen LogP contribution in [0.25, 0.3) is 0 Å². The van der Waals surface area contributed by atoms with E-state index in [9.17, 15) is 13.2 Å². The molecule has 35 heavy (non-hydrogen) atoms. The second-order valence-corrected chi connectivity index (χ2v) is 10.7. The molecule has 3 aromatic carbocycles. The predicted octanol–water partition coefficient (Wildman–Crippen LogP) is 5.05. The van der Waals surface area contributed by atoms with E-state index in [1.807, 2.05) is 44.2 Å². The lowest BCUT2D eigenvalue weighted by molar-refractivity contribution is 0.0951. The largest absolute Gasteiger partial charge is 0.372 e. The first-order chi connectivity index (χ1) is 16.6. The molecule has 0 bridgehead atoms. The highest BCUT2D eigenvalue weighted by Gasteiger charge is 2.18. The third-order valence-corrected chi connectivity index (χ3v) is 7.38. The normalized spacial score (nSPS) is 11.2. The number of amides is 1. The van der Waals surface area contributed by atoms with Gasteiger partial charge in [-0.3, -0.25) is 9.10 Å². The van der Waals surface area contributed by atoms with E-state index >= 15 is 0 Å². The van der Waals surface area contributed by atoms with Crippen molar-refractivity contribution in [3.63, 3.8) is 0 Å². The van der Waals surface area contributed by atoms with E-state index in [2.05, 4.69) is 36.2 Å². The number of anilines is 2. The molecule has 6 nitrogen and oxygen atoms in total. The standard InChI is InChI=1S/C28H35N3O3S/c1-6-30(7-2)26-16-11-23(12-17-26)19-29-28(32)25-13-9-24(10-14-25)20-31(35(5,33)34)27-15-8-21(3)22(4)18-27/h8-18H,6-7,19-20H2,1-5H3,(H,29,32). The van der Waals surface area contributed by atoms with Gasteiger partial charge in [0.15, 0.2) is 0 Å². The number of carbonyl (C=O) groups excluding carboxylic acids is 1. The summed E-state index contributed by atoms with van der Waals surface area (Å²) in [6.45, 7) is 10.8. The fraction of sp³-hybridized carbons (Fsp3) is 0.321. The topological polar surface area (TPSA) is 69.7 Å². The van der Waals surface area contributed by atoms with Crippen LogP contribution in [-0.4, -0.2) is 33.7 Å². The minimum absolute atomic E-state index is 0.168. The summed E-state index contributed by atoms with van der Waals surface area (Å²) in [7, 11) is -3.47. The zero-order valence-corrected chi connectivity index (χ0v) is 22.0. The summed E-state index contributed by atoms with van der Waals surface area (Å²) >= 11 is 0. The van der Waals surface area contributed by atoms with Crippen molar-refractivity contribution in [1.29, 1.82) is 0 Å². The predicted molar refractivity (Wildman–Crippen MR) is 145 cm³/mol. The first-order valence-corrected chi connectivity index (χ1v) is 13.7. The lowest BCUT2D eigenvalue weighted by Crippen LogP contribution is -2.29. The lowest BCUT2D eigenvalue weighted by atomic mass is 10.1. The first-order valence-electron chi connectivity index (χ1n) is 11.9. The number of hydrogen-bond acceptors (Lipinski definition) is 4. The van der Waals surface area contributed by atoms with Crippen LogP contribution < -0.4 is 14.5 Å². The van der Waals surface area contributed by atoms with Gasteiger partial charge in [0.25, 0.3) is 5.91 Å². The SMILES string of the molecule is CCN(CC)c1ccc(CNC(=O)c2ccc(CN(c3ccc(C)c(C)c3)S(C)(=O)=O)cc2)cc1. The molecule has 0 aliphatic carbocycles. The minimum atomic E-state index is -3.47. The van der Waals surface area contributed by atoms with Crippen molar-refractivity contribution >= 4 is 27.3 Å². The van der Waals surface area contributed by atoms with Gasteiger partial charge >= 0.3 is 0 Å². The minimum Gasteiger partial charge on any atom is -0.372 e. The molecule has 0 fully saturated rings. The smallest absolute Gasteiger partial charge is 0.251 e. The Kier molecular flexibility index (Phi) is 8.57. The van der Waals surface area contributed by atoms with Crippen molar-refractivity contribution in [2.24, 2.45) is 0 Å². The van der Waals surface area contributed by atoms with Gasteiger partial charge in [-0.1, -0.05) is 30.3 Å². The number of sulfonamides is 1. The first kappa shape index (κ1) is 26.3. The van der Waals surface area contributed by atoms with E-state index in [0.29, 0.717) is 17.8 Å². The molecular formula is C28H35N3O3S. The molecule has 3 aromatic rings. The van der Waals surface area contributed by atoms with E-state index in [1.165, 1.54) is 16.2 Å². The Balaban J connectivity index is 1.65. The number of benzene rings is 3. The summed E-state index contributed by atoms with van der Waals surface area (Å²) < 4.78 is 26.3. The van der Waals surface area contributed by atoms with E-state index in [1.54, 1.807) is 24.3 Å². The molecule has 1 amide bonds. The quantitative estimate of drug-likeness (QED) is 0.429. The molecule has 0 aliphatic heterocycles. The van der Waals surface area contributed by atoms with Gasteiger partial charge in [0.2, 0.25) is 10.0 Å². The number of hydrogen-bond donors (Lipinski definition) is 1. The van der Waals surface area contributed by atoms with Crippen LogP contribution in [0.1, 0.15) is 46.5 Å². The molecule has 7 heteroatoms. The fourth-order valence-corrected chi connectivity index (χ4v) is 4.79. The highest BCUT2D eigenvalue weighted by molar-refractivity contribution is 7.92. The van der Waals surface area contributed by atoms with Crippen molar-refractivity contribution < 1.29 is 13.2 Å². The molecule has 0 aliphatic rings. The molecule has 0 atom stereocenters. The number of carbonyl (C=O) groups is 1. The zero-order valence-electron chi connectivity index (χ0n) is 21.2. The molecule has 0 spiro atoms. The van der Waals surface area contributed by atoms with Crippen LogP contribution in [0.2, 0.25) is 0 Å². The Morgan fingerprint density at radius 2 is 1.37 bits per heavy atom. The molecule has 3 rings (SSSR count). The number of rotatable bonds is 10. The summed E-state index contributed by atoms with van der Waals surface area (Å²) in [6.07, 6.45) is 1.21. The number of aryl methyl sites for hydroxylation is 2. The maximum absolute atomic E-state index is 12.6. The monoisotopic (exact) mass is 493 g/mol. The van der Waals surface area contributed by atoms with Crippen LogP contribution in [0.3, 0.4) is 0 Å². The van der Waals surface area contributed by atoms with Gasteiger partial charge in [-0.25, -0.2) is 8.42 Å². The molecule has 0 aromatic heterocycles. The van der Waals surface area contributed by atoms with Gasteiger partial charge in [-0.15, -0.1) is 0 Å². The molecule has 0 unspecified atom stereocenters. The van der Waals surface area contributed by atoms with Crippen LogP contribution in [-0.2, 0) is 23.1 Å². The Hall–Kier alpha value is -3.32. The third-order valence-electron chi connectivity index (χ3n) is 6.24. The molecule has 0 radical (unpaired) electrons. The van der Waals surface area contributed by atoms with E-state index < -0.39 is 10.0 Å². The molecule has 0 heterocycles. The molecule has 0 saturated carbocycles. The fourth-order valence-electron chi connectivity index (χ4n) is 3.91. The molecule has 0 saturated heterocycles. The maximum atomic E-state index is 12.6. The summed E-state index contributed by atoms with van der Waals surface area (Å²) in [5.74, 6) is -0.168.